The fourth-order valence-electron chi connectivity index (χ4n) is 1.14. The van der Waals surface area contributed by atoms with Crippen LogP contribution in [-0.4, -0.2) is 21.0 Å². The van der Waals surface area contributed by atoms with Crippen LogP contribution in [0.5, 0.6) is 0 Å². The highest BCUT2D eigenvalue weighted by Gasteiger charge is 2.10. The summed E-state index contributed by atoms with van der Waals surface area (Å²) in [6, 6.07) is 3.79. The molecule has 2 aromatic rings. The summed E-state index contributed by atoms with van der Waals surface area (Å²) < 4.78 is 0. The molecule has 0 saturated carbocycles. The number of H-pyrrole nitrogens is 1. The second-order valence-corrected chi connectivity index (χ2v) is 4.23. The molecule has 5 heteroatoms. The molecule has 0 atom stereocenters. The SMILES string of the molecule is Cc1ccc(C(=O)Cc2ncn[nH]2)s1. The number of rotatable bonds is 3. The van der Waals surface area contributed by atoms with Gasteiger partial charge in [0, 0.05) is 4.88 Å². The molecule has 0 bridgehead atoms. The fraction of sp³-hybridized carbons (Fsp3) is 0.222. The van der Waals surface area contributed by atoms with E-state index >= 15 is 0 Å². The zero-order chi connectivity index (χ0) is 9.97. The number of ketones is 1. The van der Waals surface area contributed by atoms with Crippen LogP contribution in [0.25, 0.3) is 0 Å². The van der Waals surface area contributed by atoms with E-state index in [-0.39, 0.29) is 5.78 Å². The van der Waals surface area contributed by atoms with Crippen molar-refractivity contribution in [3.63, 3.8) is 0 Å². The quantitative estimate of drug-likeness (QED) is 0.778. The smallest absolute Gasteiger partial charge is 0.180 e. The molecule has 72 valence electrons. The van der Waals surface area contributed by atoms with Crippen LogP contribution in [0.4, 0.5) is 0 Å². The standard InChI is InChI=1S/C9H9N3OS/c1-6-2-3-8(14-6)7(13)4-9-10-5-11-12-9/h2-3,5H,4H2,1H3,(H,10,11,12). The molecule has 0 saturated heterocycles. The Hall–Kier alpha value is -1.49. The second kappa shape index (κ2) is 3.71. The first kappa shape index (κ1) is 9.08. The number of aromatic nitrogens is 3. The summed E-state index contributed by atoms with van der Waals surface area (Å²) in [5, 5.41) is 6.36. The first-order valence-corrected chi connectivity index (χ1v) is 5.01. The predicted octanol–water partition coefficient (Wildman–Crippen LogP) is 1.60. The first-order chi connectivity index (χ1) is 6.75. The van der Waals surface area contributed by atoms with Crippen molar-refractivity contribution in [2.24, 2.45) is 0 Å². The largest absolute Gasteiger partial charge is 0.293 e. The van der Waals surface area contributed by atoms with Gasteiger partial charge in [-0.2, -0.15) is 5.10 Å². The van der Waals surface area contributed by atoms with Gasteiger partial charge in [0.25, 0.3) is 0 Å². The fourth-order valence-corrected chi connectivity index (χ4v) is 1.94. The van der Waals surface area contributed by atoms with E-state index < -0.39 is 0 Å². The van der Waals surface area contributed by atoms with Crippen molar-refractivity contribution in [1.82, 2.24) is 15.2 Å². The summed E-state index contributed by atoms with van der Waals surface area (Å²) in [6.45, 7) is 1.98. The minimum atomic E-state index is 0.0832. The number of nitrogens with zero attached hydrogens (tertiary/aromatic N) is 2. The molecule has 2 rings (SSSR count). The number of carbonyl (C=O) groups is 1. The molecule has 0 radical (unpaired) electrons. The van der Waals surface area contributed by atoms with Gasteiger partial charge >= 0.3 is 0 Å². The van der Waals surface area contributed by atoms with Crippen molar-refractivity contribution < 1.29 is 4.79 Å². The van der Waals surface area contributed by atoms with Gasteiger partial charge in [-0.3, -0.25) is 9.89 Å². The summed E-state index contributed by atoms with van der Waals surface area (Å²) in [6.07, 6.45) is 1.70. The van der Waals surface area contributed by atoms with Crippen LogP contribution >= 0.6 is 11.3 Å². The molecule has 0 spiro atoms. The van der Waals surface area contributed by atoms with Crippen molar-refractivity contribution in [1.29, 1.82) is 0 Å². The molecule has 4 nitrogen and oxygen atoms in total. The van der Waals surface area contributed by atoms with Gasteiger partial charge in [0.05, 0.1) is 11.3 Å². The minimum absolute atomic E-state index is 0.0832. The number of hydrogen-bond acceptors (Lipinski definition) is 4. The Labute approximate surface area is 85.0 Å². The number of Topliss-reactive ketones (excluding diaryl/α,β-unsaturated/α-hetero) is 1. The van der Waals surface area contributed by atoms with E-state index in [1.165, 1.54) is 17.7 Å². The molecule has 0 aliphatic carbocycles. The first-order valence-electron chi connectivity index (χ1n) is 4.19. The molecule has 1 N–H and O–H groups in total. The number of aromatic amines is 1. The van der Waals surface area contributed by atoms with Crippen LogP contribution in [0.15, 0.2) is 18.5 Å². The number of hydrogen-bond donors (Lipinski definition) is 1. The molecule has 0 unspecified atom stereocenters. The Morgan fingerprint density at radius 1 is 1.57 bits per heavy atom. The highest BCUT2D eigenvalue weighted by molar-refractivity contribution is 7.14. The van der Waals surface area contributed by atoms with Crippen molar-refractivity contribution in [2.45, 2.75) is 13.3 Å². The van der Waals surface area contributed by atoms with E-state index in [2.05, 4.69) is 15.2 Å². The van der Waals surface area contributed by atoms with Crippen LogP contribution in [0, 0.1) is 6.92 Å². The predicted molar refractivity (Wildman–Crippen MR) is 53.5 cm³/mol. The lowest BCUT2D eigenvalue weighted by Crippen LogP contribution is -2.02. The molecule has 2 aromatic heterocycles. The average Bonchev–Trinajstić information content (AvgIpc) is 2.75. The average molecular weight is 207 g/mol. The van der Waals surface area contributed by atoms with E-state index in [4.69, 9.17) is 0 Å². The van der Waals surface area contributed by atoms with Crippen molar-refractivity contribution in [3.05, 3.63) is 34.0 Å². The highest BCUT2D eigenvalue weighted by Crippen LogP contribution is 2.16. The third kappa shape index (κ3) is 1.88. The van der Waals surface area contributed by atoms with Gasteiger partial charge in [0.2, 0.25) is 0 Å². The van der Waals surface area contributed by atoms with Crippen LogP contribution in [0.1, 0.15) is 20.4 Å². The van der Waals surface area contributed by atoms with E-state index in [0.29, 0.717) is 12.2 Å². The molecule has 0 amide bonds. The number of aryl methyl sites for hydroxylation is 1. The van der Waals surface area contributed by atoms with E-state index in [1.54, 1.807) is 0 Å². The normalized spacial score (nSPS) is 10.4. The summed E-state index contributed by atoms with van der Waals surface area (Å²) >= 11 is 1.51. The number of thiophene rings is 1. The molecular weight excluding hydrogens is 198 g/mol. The van der Waals surface area contributed by atoms with E-state index in [0.717, 1.165) is 9.75 Å². The molecule has 0 aliphatic rings. The molecule has 0 fully saturated rings. The van der Waals surface area contributed by atoms with Gasteiger partial charge in [-0.15, -0.1) is 11.3 Å². The van der Waals surface area contributed by atoms with Crippen molar-refractivity contribution >= 4 is 17.1 Å². The zero-order valence-electron chi connectivity index (χ0n) is 7.65. The van der Waals surface area contributed by atoms with Crippen molar-refractivity contribution in [3.8, 4) is 0 Å². The van der Waals surface area contributed by atoms with Gasteiger partial charge in [-0.25, -0.2) is 4.98 Å². The van der Waals surface area contributed by atoms with Crippen LogP contribution in [0.3, 0.4) is 0 Å². The minimum Gasteiger partial charge on any atom is -0.293 e. The van der Waals surface area contributed by atoms with Gasteiger partial charge in [-0.1, -0.05) is 0 Å². The Bertz CT molecular complexity index is 433. The molecule has 0 aromatic carbocycles. The van der Waals surface area contributed by atoms with Gasteiger partial charge in [-0.05, 0) is 19.1 Å². The van der Waals surface area contributed by atoms with E-state index in [1.807, 2.05) is 19.1 Å². The zero-order valence-corrected chi connectivity index (χ0v) is 8.47. The Morgan fingerprint density at radius 2 is 2.43 bits per heavy atom. The van der Waals surface area contributed by atoms with Crippen molar-refractivity contribution in [2.75, 3.05) is 0 Å². The highest BCUT2D eigenvalue weighted by atomic mass is 32.1. The van der Waals surface area contributed by atoms with Gasteiger partial charge in [0.15, 0.2) is 5.78 Å². The van der Waals surface area contributed by atoms with E-state index in [9.17, 15) is 4.79 Å². The summed E-state index contributed by atoms with van der Waals surface area (Å²) in [4.78, 5) is 17.5. The monoisotopic (exact) mass is 207 g/mol. The van der Waals surface area contributed by atoms with Crippen LogP contribution < -0.4 is 0 Å². The summed E-state index contributed by atoms with van der Waals surface area (Å²) in [5.74, 6) is 0.695. The third-order valence-electron chi connectivity index (χ3n) is 1.81. The summed E-state index contributed by atoms with van der Waals surface area (Å²) in [7, 11) is 0. The molecular formula is C9H9N3OS. The second-order valence-electron chi connectivity index (χ2n) is 2.94. The lowest BCUT2D eigenvalue weighted by atomic mass is 10.2. The van der Waals surface area contributed by atoms with Crippen LogP contribution in [0.2, 0.25) is 0 Å². The maximum absolute atomic E-state index is 11.6. The topological polar surface area (TPSA) is 58.6 Å². The Kier molecular flexibility index (Phi) is 2.41. The summed E-state index contributed by atoms with van der Waals surface area (Å²) in [5.41, 5.74) is 0. The Balaban J connectivity index is 2.10. The van der Waals surface area contributed by atoms with Gasteiger partial charge < -0.3 is 0 Å². The number of nitrogens with one attached hydrogen (secondary N) is 1. The Morgan fingerprint density at radius 3 is 3.00 bits per heavy atom. The lowest BCUT2D eigenvalue weighted by Gasteiger charge is -1.92. The maximum Gasteiger partial charge on any atom is 0.180 e. The van der Waals surface area contributed by atoms with Gasteiger partial charge in [0.1, 0.15) is 12.2 Å². The molecule has 2 heterocycles. The lowest BCUT2D eigenvalue weighted by molar-refractivity contribution is 0.0994. The van der Waals surface area contributed by atoms with Crippen LogP contribution in [-0.2, 0) is 6.42 Å². The molecule has 14 heavy (non-hydrogen) atoms. The third-order valence-corrected chi connectivity index (χ3v) is 2.85. The molecule has 0 aliphatic heterocycles. The number of carbonyl (C=O) groups excluding carboxylic acids is 1. The maximum atomic E-state index is 11.6.